The predicted molar refractivity (Wildman–Crippen MR) is 119 cm³/mol. The lowest BCUT2D eigenvalue weighted by atomic mass is 10.0. The normalized spacial score (nSPS) is 11.9. The Morgan fingerprint density at radius 2 is 1.81 bits per heavy atom. The van der Waals surface area contributed by atoms with Gasteiger partial charge in [0.15, 0.2) is 5.13 Å². The number of fused-ring (bicyclic) bond motifs is 1. The van der Waals surface area contributed by atoms with Gasteiger partial charge in [0, 0.05) is 6.92 Å². The minimum absolute atomic E-state index is 0.122. The average molecular weight is 459 g/mol. The summed E-state index contributed by atoms with van der Waals surface area (Å²) in [7, 11) is 0. The largest absolute Gasteiger partial charge is 0.329 e. The average Bonchev–Trinajstić information content (AvgIpc) is 3.08. The second-order valence-electron chi connectivity index (χ2n) is 7.40. The van der Waals surface area contributed by atoms with Crippen LogP contribution in [0.3, 0.4) is 0 Å². The van der Waals surface area contributed by atoms with E-state index in [0.717, 1.165) is 15.9 Å². The van der Waals surface area contributed by atoms with Crippen LogP contribution in [0.5, 0.6) is 0 Å². The van der Waals surface area contributed by atoms with E-state index in [2.05, 4.69) is 26.1 Å². The van der Waals surface area contributed by atoms with E-state index in [-0.39, 0.29) is 15.4 Å². The molecule has 0 fully saturated rings. The van der Waals surface area contributed by atoms with Crippen molar-refractivity contribution in [1.29, 1.82) is 0 Å². The van der Waals surface area contributed by atoms with Crippen molar-refractivity contribution in [2.24, 2.45) is 5.92 Å². The molecule has 0 bridgehead atoms. The highest BCUT2D eigenvalue weighted by molar-refractivity contribution is 7.17. The lowest BCUT2D eigenvalue weighted by Crippen LogP contribution is -2.44. The van der Waals surface area contributed by atoms with E-state index in [1.54, 1.807) is 45.0 Å². The molecule has 0 saturated carbocycles. The van der Waals surface area contributed by atoms with Gasteiger partial charge in [-0.15, -0.1) is 0 Å². The van der Waals surface area contributed by atoms with Gasteiger partial charge < -0.3 is 10.3 Å². The predicted octanol–water partition coefficient (Wildman–Crippen LogP) is 1.07. The molecule has 32 heavy (non-hydrogen) atoms. The smallest absolute Gasteiger partial charge is 0.307 e. The maximum atomic E-state index is 13.1. The maximum absolute atomic E-state index is 13.1. The van der Waals surface area contributed by atoms with E-state index in [4.69, 9.17) is 0 Å². The SMILES string of the molecule is CC(=O)NNC(=O)c1sc(NC(=O)C(C(C)C)n2c(=O)[nH]c3ccccc3c2=O)nc1C. The van der Waals surface area contributed by atoms with Crippen molar-refractivity contribution >= 4 is 45.1 Å². The number of hydrogen-bond donors (Lipinski definition) is 4. The highest BCUT2D eigenvalue weighted by Gasteiger charge is 2.29. The highest BCUT2D eigenvalue weighted by Crippen LogP contribution is 2.25. The molecule has 0 aliphatic heterocycles. The molecule has 0 radical (unpaired) electrons. The molecule has 2 heterocycles. The van der Waals surface area contributed by atoms with E-state index >= 15 is 0 Å². The molecular weight excluding hydrogens is 436 g/mol. The number of amides is 3. The third-order valence-corrected chi connectivity index (χ3v) is 5.67. The molecule has 1 aromatic carbocycles. The van der Waals surface area contributed by atoms with E-state index in [1.165, 1.54) is 6.92 Å². The monoisotopic (exact) mass is 458 g/mol. The van der Waals surface area contributed by atoms with Crippen LogP contribution in [0, 0.1) is 12.8 Å². The minimum Gasteiger partial charge on any atom is -0.307 e. The van der Waals surface area contributed by atoms with Crippen LogP contribution in [0.15, 0.2) is 33.9 Å². The Kier molecular flexibility index (Phi) is 6.53. The first-order chi connectivity index (χ1) is 15.1. The molecule has 0 saturated heterocycles. The minimum atomic E-state index is -1.11. The number of hydrogen-bond acceptors (Lipinski definition) is 7. The molecule has 11 nitrogen and oxygen atoms in total. The third-order valence-electron chi connectivity index (χ3n) is 4.60. The summed E-state index contributed by atoms with van der Waals surface area (Å²) >= 11 is 0.903. The number of thiazole rings is 1. The number of carbonyl (C=O) groups is 3. The standard InChI is InChI=1S/C20H22N6O5S/c1-9(2)14(26-18(30)12-7-5-6-8-13(12)22-20(26)31)16(28)23-19-21-10(3)15(32-19)17(29)25-24-11(4)27/h5-9,14H,1-4H3,(H,22,31)(H,24,27)(H,25,29)(H,21,23,28). The van der Waals surface area contributed by atoms with E-state index < -0.39 is 40.9 Å². The van der Waals surface area contributed by atoms with Crippen molar-refractivity contribution in [3.05, 3.63) is 55.7 Å². The number of nitrogens with zero attached hydrogens (tertiary/aromatic N) is 2. The summed E-state index contributed by atoms with van der Waals surface area (Å²) in [6.07, 6.45) is 0. The summed E-state index contributed by atoms with van der Waals surface area (Å²) in [6.45, 7) is 6.25. The molecule has 0 aliphatic rings. The van der Waals surface area contributed by atoms with Crippen molar-refractivity contribution in [1.82, 2.24) is 25.4 Å². The number of benzene rings is 1. The van der Waals surface area contributed by atoms with Gasteiger partial charge in [0.1, 0.15) is 10.9 Å². The quantitative estimate of drug-likeness (QED) is 0.419. The Hall–Kier alpha value is -3.80. The highest BCUT2D eigenvalue weighted by atomic mass is 32.1. The van der Waals surface area contributed by atoms with Gasteiger partial charge in [0.2, 0.25) is 11.8 Å². The first kappa shape index (κ1) is 22.9. The van der Waals surface area contributed by atoms with Crippen LogP contribution in [0.2, 0.25) is 0 Å². The van der Waals surface area contributed by atoms with Gasteiger partial charge in [-0.2, -0.15) is 0 Å². The summed E-state index contributed by atoms with van der Waals surface area (Å²) in [5, 5.41) is 3.00. The summed E-state index contributed by atoms with van der Waals surface area (Å²) < 4.78 is 0.896. The first-order valence-electron chi connectivity index (χ1n) is 9.69. The number of aromatic nitrogens is 3. The van der Waals surface area contributed by atoms with Gasteiger partial charge in [-0.05, 0) is 25.0 Å². The van der Waals surface area contributed by atoms with Crippen LogP contribution in [-0.4, -0.2) is 32.3 Å². The van der Waals surface area contributed by atoms with Gasteiger partial charge in [-0.1, -0.05) is 37.3 Å². The van der Waals surface area contributed by atoms with Crippen LogP contribution < -0.4 is 27.4 Å². The molecule has 1 atom stereocenters. The molecule has 3 rings (SSSR count). The van der Waals surface area contributed by atoms with E-state index in [0.29, 0.717) is 11.2 Å². The van der Waals surface area contributed by atoms with Crippen LogP contribution in [0.4, 0.5) is 5.13 Å². The van der Waals surface area contributed by atoms with E-state index in [9.17, 15) is 24.0 Å². The van der Waals surface area contributed by atoms with Crippen molar-refractivity contribution < 1.29 is 14.4 Å². The number of H-pyrrole nitrogens is 1. The Labute approximate surface area is 185 Å². The van der Waals surface area contributed by atoms with Crippen LogP contribution in [-0.2, 0) is 9.59 Å². The molecule has 3 aromatic rings. The molecule has 4 N–H and O–H groups in total. The van der Waals surface area contributed by atoms with Gasteiger partial charge in [-0.3, -0.25) is 30.0 Å². The number of carbonyl (C=O) groups excluding carboxylic acids is 3. The van der Waals surface area contributed by atoms with Gasteiger partial charge in [0.05, 0.1) is 16.6 Å². The number of hydrazine groups is 1. The molecule has 12 heteroatoms. The van der Waals surface area contributed by atoms with Crippen molar-refractivity contribution in [3.63, 3.8) is 0 Å². The van der Waals surface area contributed by atoms with Crippen LogP contribution in [0.25, 0.3) is 10.9 Å². The second kappa shape index (κ2) is 9.14. The molecule has 0 spiro atoms. The summed E-state index contributed by atoms with van der Waals surface area (Å²) in [4.78, 5) is 68.9. The number of rotatable bonds is 5. The summed E-state index contributed by atoms with van der Waals surface area (Å²) in [5.41, 5.74) is 3.86. The van der Waals surface area contributed by atoms with Crippen molar-refractivity contribution in [2.75, 3.05) is 5.32 Å². The number of nitrogens with one attached hydrogen (secondary N) is 4. The summed E-state index contributed by atoms with van der Waals surface area (Å²) in [5.74, 6) is -2.05. The Morgan fingerprint density at radius 3 is 2.47 bits per heavy atom. The molecular formula is C20H22N6O5S. The van der Waals surface area contributed by atoms with Crippen LogP contribution in [0.1, 0.15) is 42.2 Å². The Morgan fingerprint density at radius 1 is 1.12 bits per heavy atom. The number of aromatic amines is 1. The summed E-state index contributed by atoms with van der Waals surface area (Å²) in [6, 6.07) is 5.43. The van der Waals surface area contributed by atoms with Crippen molar-refractivity contribution in [3.8, 4) is 0 Å². The number of para-hydroxylation sites is 1. The lowest BCUT2D eigenvalue weighted by Gasteiger charge is -2.21. The zero-order valence-corrected chi connectivity index (χ0v) is 18.6. The molecule has 0 aliphatic carbocycles. The van der Waals surface area contributed by atoms with Crippen LogP contribution >= 0.6 is 11.3 Å². The second-order valence-corrected chi connectivity index (χ2v) is 8.40. The van der Waals surface area contributed by atoms with Crippen molar-refractivity contribution in [2.45, 2.75) is 33.7 Å². The van der Waals surface area contributed by atoms with Gasteiger partial charge in [0.25, 0.3) is 11.5 Å². The fraction of sp³-hybridized carbons (Fsp3) is 0.300. The number of anilines is 1. The Balaban J connectivity index is 1.93. The lowest BCUT2D eigenvalue weighted by molar-refractivity contribution is -0.121. The van der Waals surface area contributed by atoms with Gasteiger partial charge >= 0.3 is 5.69 Å². The fourth-order valence-corrected chi connectivity index (χ4v) is 4.05. The topological polar surface area (TPSA) is 155 Å². The third kappa shape index (κ3) is 4.59. The molecule has 3 amide bonds. The first-order valence-corrected chi connectivity index (χ1v) is 10.5. The molecule has 168 valence electrons. The molecule has 1 unspecified atom stereocenters. The zero-order chi connectivity index (χ0) is 23.6. The van der Waals surface area contributed by atoms with Gasteiger partial charge in [-0.25, -0.2) is 14.3 Å². The fourth-order valence-electron chi connectivity index (χ4n) is 3.19. The number of aryl methyl sites for hydroxylation is 1. The van der Waals surface area contributed by atoms with E-state index in [1.807, 2.05) is 0 Å². The Bertz CT molecular complexity index is 1320. The maximum Gasteiger partial charge on any atom is 0.329 e. The molecule has 2 aromatic heterocycles. The zero-order valence-electron chi connectivity index (χ0n) is 17.8.